The molecular formula is C24H24N6O7S. The number of phenols is 2. The highest BCUT2D eigenvalue weighted by atomic mass is 32.1. The Morgan fingerprint density at radius 1 is 1.08 bits per heavy atom. The largest absolute Gasteiger partial charge is 0.508 e. The van der Waals surface area contributed by atoms with Crippen molar-refractivity contribution in [1.29, 1.82) is 5.26 Å². The quantitative estimate of drug-likeness (QED) is 0.202. The Balaban J connectivity index is 1.68. The number of nitriles is 1. The van der Waals surface area contributed by atoms with Crippen LogP contribution >= 0.6 is 11.3 Å². The van der Waals surface area contributed by atoms with Crippen LogP contribution in [0.3, 0.4) is 0 Å². The zero-order valence-corrected chi connectivity index (χ0v) is 21.1. The third-order valence-electron chi connectivity index (χ3n) is 5.36. The molecule has 2 heterocycles. The molecule has 198 valence electrons. The molecule has 0 fully saturated rings. The molecule has 0 aliphatic rings. The van der Waals surface area contributed by atoms with Gasteiger partial charge in [0.15, 0.2) is 0 Å². The minimum Gasteiger partial charge on any atom is -0.508 e. The first-order chi connectivity index (χ1) is 18.1. The van der Waals surface area contributed by atoms with E-state index >= 15 is 0 Å². The van der Waals surface area contributed by atoms with Gasteiger partial charge in [-0.05, 0) is 23.8 Å². The van der Waals surface area contributed by atoms with E-state index in [2.05, 4.69) is 26.1 Å². The van der Waals surface area contributed by atoms with E-state index in [1.165, 1.54) is 6.07 Å². The van der Waals surface area contributed by atoms with Gasteiger partial charge >= 0.3 is 5.97 Å². The first-order valence-electron chi connectivity index (χ1n) is 11.1. The van der Waals surface area contributed by atoms with Crippen molar-refractivity contribution < 1.29 is 34.1 Å². The second-order valence-electron chi connectivity index (χ2n) is 8.11. The monoisotopic (exact) mass is 540 g/mol. The molecule has 2 aromatic heterocycles. The Bertz CT molecular complexity index is 1360. The predicted octanol–water partition coefficient (Wildman–Crippen LogP) is 0.989. The fraction of sp³-hybridized carbons (Fsp3) is 0.250. The molecule has 0 saturated carbocycles. The van der Waals surface area contributed by atoms with Gasteiger partial charge in [0.1, 0.15) is 28.5 Å². The van der Waals surface area contributed by atoms with Gasteiger partial charge in [-0.25, -0.2) is 4.79 Å². The van der Waals surface area contributed by atoms with E-state index < -0.39 is 36.3 Å². The van der Waals surface area contributed by atoms with E-state index in [4.69, 9.17) is 4.74 Å². The maximum Gasteiger partial charge on any atom is 0.330 e. The van der Waals surface area contributed by atoms with Crippen LogP contribution in [0.5, 0.6) is 11.5 Å². The molecule has 3 rings (SSSR count). The Morgan fingerprint density at radius 3 is 2.37 bits per heavy atom. The maximum atomic E-state index is 12.9. The van der Waals surface area contributed by atoms with Gasteiger partial charge in [-0.15, -0.1) is 11.3 Å². The fourth-order valence-corrected chi connectivity index (χ4v) is 4.25. The number of hydrogen-bond acceptors (Lipinski definition) is 10. The van der Waals surface area contributed by atoms with E-state index in [1.807, 2.05) is 13.0 Å². The molecule has 0 bridgehead atoms. The number of aromatic amines is 1. The lowest BCUT2D eigenvalue weighted by molar-refractivity contribution is -0.142. The van der Waals surface area contributed by atoms with Crippen LogP contribution in [0.15, 0.2) is 36.7 Å². The van der Waals surface area contributed by atoms with Crippen LogP contribution in [-0.2, 0) is 9.53 Å². The number of nitrogens with zero attached hydrogens (tertiary/aromatic N) is 2. The van der Waals surface area contributed by atoms with Crippen molar-refractivity contribution in [3.8, 4) is 17.6 Å². The van der Waals surface area contributed by atoms with Gasteiger partial charge in [0.05, 0.1) is 23.7 Å². The van der Waals surface area contributed by atoms with Crippen molar-refractivity contribution in [1.82, 2.24) is 26.1 Å². The summed E-state index contributed by atoms with van der Waals surface area (Å²) < 4.78 is 4.69. The number of hydrogen-bond donors (Lipinski definition) is 6. The SMILES string of the molecule is COC(=O)C(CNC(=O)c1cc(O)cc(O)c1)NC(=O)c1sc(C(=O)NCC(C)c2cn[nH]c2)cc1C#N. The first kappa shape index (κ1) is 27.7. The number of ether oxygens (including phenoxy) is 1. The summed E-state index contributed by atoms with van der Waals surface area (Å²) in [6.07, 6.45) is 3.36. The highest BCUT2D eigenvalue weighted by Gasteiger charge is 2.27. The molecule has 38 heavy (non-hydrogen) atoms. The van der Waals surface area contributed by atoms with E-state index in [0.29, 0.717) is 6.54 Å². The van der Waals surface area contributed by atoms with Crippen LogP contribution < -0.4 is 16.0 Å². The Labute approximate surface area is 220 Å². The average molecular weight is 541 g/mol. The van der Waals surface area contributed by atoms with Gasteiger partial charge in [-0.3, -0.25) is 19.5 Å². The van der Waals surface area contributed by atoms with Crippen LogP contribution in [0.2, 0.25) is 0 Å². The second kappa shape index (κ2) is 12.4. The molecule has 3 aromatic rings. The Kier molecular flexibility index (Phi) is 9.01. The molecule has 0 aliphatic heterocycles. The lowest BCUT2D eigenvalue weighted by Crippen LogP contribution is -2.49. The molecular weight excluding hydrogens is 516 g/mol. The molecule has 6 N–H and O–H groups in total. The van der Waals surface area contributed by atoms with Gasteiger partial charge in [-0.2, -0.15) is 10.4 Å². The fourth-order valence-electron chi connectivity index (χ4n) is 3.32. The summed E-state index contributed by atoms with van der Waals surface area (Å²) in [5.41, 5.74) is 0.750. The highest BCUT2D eigenvalue weighted by molar-refractivity contribution is 7.16. The van der Waals surface area contributed by atoms with Gasteiger partial charge < -0.3 is 30.9 Å². The summed E-state index contributed by atoms with van der Waals surface area (Å²) >= 11 is 0.775. The number of amides is 3. The smallest absolute Gasteiger partial charge is 0.330 e. The van der Waals surface area contributed by atoms with Crippen LogP contribution in [0, 0.1) is 11.3 Å². The summed E-state index contributed by atoms with van der Waals surface area (Å²) in [5, 5.41) is 42.7. The minimum atomic E-state index is -1.34. The molecule has 0 saturated heterocycles. The van der Waals surface area contributed by atoms with Crippen molar-refractivity contribution >= 4 is 35.0 Å². The highest BCUT2D eigenvalue weighted by Crippen LogP contribution is 2.23. The minimum absolute atomic E-state index is 0.0317. The van der Waals surface area contributed by atoms with Gasteiger partial charge in [0, 0.05) is 36.8 Å². The molecule has 13 nitrogen and oxygen atoms in total. The van der Waals surface area contributed by atoms with E-state index in [9.17, 15) is 34.7 Å². The number of aromatic nitrogens is 2. The summed E-state index contributed by atoms with van der Waals surface area (Å²) in [6, 6.07) is 5.05. The molecule has 2 unspecified atom stereocenters. The number of esters is 1. The van der Waals surface area contributed by atoms with Crippen LogP contribution in [0.25, 0.3) is 0 Å². The molecule has 0 radical (unpaired) electrons. The number of rotatable bonds is 10. The number of carbonyl (C=O) groups excluding carboxylic acids is 4. The predicted molar refractivity (Wildman–Crippen MR) is 134 cm³/mol. The summed E-state index contributed by atoms with van der Waals surface area (Å²) in [6.45, 7) is 1.79. The number of carbonyl (C=O) groups is 4. The van der Waals surface area contributed by atoms with Crippen molar-refractivity contribution in [2.45, 2.75) is 18.9 Å². The summed E-state index contributed by atoms with van der Waals surface area (Å²) in [7, 11) is 1.09. The first-order valence-corrected chi connectivity index (χ1v) is 11.9. The number of thiophene rings is 1. The van der Waals surface area contributed by atoms with Crippen molar-refractivity contribution in [2.75, 3.05) is 20.2 Å². The maximum absolute atomic E-state index is 12.9. The van der Waals surface area contributed by atoms with Gasteiger partial charge in [0.2, 0.25) is 0 Å². The molecule has 14 heteroatoms. The van der Waals surface area contributed by atoms with E-state index in [0.717, 1.165) is 42.2 Å². The van der Waals surface area contributed by atoms with E-state index in [-0.39, 0.29) is 38.3 Å². The van der Waals surface area contributed by atoms with Crippen molar-refractivity contribution in [3.63, 3.8) is 0 Å². The molecule has 2 atom stereocenters. The third-order valence-corrected chi connectivity index (χ3v) is 6.49. The Hall–Kier alpha value is -4.90. The van der Waals surface area contributed by atoms with Crippen molar-refractivity contribution in [3.05, 3.63) is 63.1 Å². The number of phenolic OH excluding ortho intramolecular Hbond substituents is 2. The number of aromatic hydroxyl groups is 2. The molecule has 0 spiro atoms. The number of nitrogens with one attached hydrogen (secondary N) is 4. The van der Waals surface area contributed by atoms with Gasteiger partial charge in [-0.1, -0.05) is 6.92 Å². The van der Waals surface area contributed by atoms with Gasteiger partial charge in [0.25, 0.3) is 17.7 Å². The molecule has 3 amide bonds. The zero-order valence-electron chi connectivity index (χ0n) is 20.3. The average Bonchev–Trinajstić information content (AvgIpc) is 3.58. The number of benzene rings is 1. The lowest BCUT2D eigenvalue weighted by Gasteiger charge is -2.17. The van der Waals surface area contributed by atoms with Crippen LogP contribution in [0.1, 0.15) is 53.7 Å². The topological polar surface area (TPSA) is 207 Å². The Morgan fingerprint density at radius 2 is 1.76 bits per heavy atom. The standard InChI is InChI=1S/C24H24N6O7S/c1-12(15-9-28-29-10-15)8-26-22(34)19-5-14(7-25)20(38-19)23(35)30-18(24(36)37-2)11-27-21(33)13-3-16(31)6-17(32)4-13/h3-6,9-10,12,18,31-32H,8,11H2,1-2H3,(H,26,34)(H,27,33)(H,28,29)(H,30,35). The molecule has 0 aliphatic carbocycles. The zero-order chi connectivity index (χ0) is 27.8. The van der Waals surface area contributed by atoms with E-state index in [1.54, 1.807) is 12.4 Å². The number of methoxy groups -OCH3 is 1. The summed E-state index contributed by atoms with van der Waals surface area (Å²) in [5.74, 6) is -3.63. The van der Waals surface area contributed by atoms with Crippen LogP contribution in [0.4, 0.5) is 0 Å². The van der Waals surface area contributed by atoms with Crippen LogP contribution in [-0.4, -0.2) is 70.3 Å². The normalized spacial score (nSPS) is 12.0. The second-order valence-corrected chi connectivity index (χ2v) is 9.16. The van der Waals surface area contributed by atoms with Crippen molar-refractivity contribution in [2.24, 2.45) is 0 Å². The molecule has 1 aromatic carbocycles. The number of H-pyrrole nitrogens is 1. The third kappa shape index (κ3) is 6.86. The summed E-state index contributed by atoms with van der Waals surface area (Å²) in [4.78, 5) is 50.2. The lowest BCUT2D eigenvalue weighted by atomic mass is 10.1.